The summed E-state index contributed by atoms with van der Waals surface area (Å²) in [5.74, 6) is 0.264. The van der Waals surface area contributed by atoms with Crippen LogP contribution in [0.15, 0.2) is 16.6 Å². The molecule has 16 heavy (non-hydrogen) atoms. The molecule has 3 heteroatoms. The first-order chi connectivity index (χ1) is 7.59. The van der Waals surface area contributed by atoms with E-state index in [1.54, 1.807) is 0 Å². The highest BCUT2D eigenvalue weighted by atomic mass is 79.9. The van der Waals surface area contributed by atoms with Gasteiger partial charge >= 0.3 is 0 Å². The number of aryl methyl sites for hydroxylation is 2. The van der Waals surface area contributed by atoms with Gasteiger partial charge in [0.15, 0.2) is 0 Å². The van der Waals surface area contributed by atoms with Crippen LogP contribution in [0.3, 0.4) is 0 Å². The van der Waals surface area contributed by atoms with Crippen molar-refractivity contribution in [1.29, 1.82) is 0 Å². The van der Waals surface area contributed by atoms with E-state index in [1.807, 2.05) is 4.90 Å². The number of hydrogen-bond acceptors (Lipinski definition) is 1. The van der Waals surface area contributed by atoms with Gasteiger partial charge in [0.05, 0.1) is 0 Å². The van der Waals surface area contributed by atoms with Crippen LogP contribution >= 0.6 is 15.9 Å². The Morgan fingerprint density at radius 1 is 1.19 bits per heavy atom. The topological polar surface area (TPSA) is 20.3 Å². The van der Waals surface area contributed by atoms with Gasteiger partial charge in [-0.25, -0.2) is 0 Å². The molecule has 0 atom stereocenters. The van der Waals surface area contributed by atoms with Crippen molar-refractivity contribution in [2.75, 3.05) is 11.4 Å². The molecule has 0 radical (unpaired) electrons. The fraction of sp³-hybridized carbons (Fsp3) is 0.462. The number of nitrogens with zero attached hydrogens (tertiary/aromatic N) is 1. The Balaban J connectivity index is 2.42. The minimum atomic E-state index is 0.264. The smallest absolute Gasteiger partial charge is 0.226 e. The molecule has 0 saturated carbocycles. The van der Waals surface area contributed by atoms with Crippen molar-refractivity contribution in [2.24, 2.45) is 0 Å². The van der Waals surface area contributed by atoms with Gasteiger partial charge in [-0.05, 0) is 49.9 Å². The Labute approximate surface area is 105 Å². The monoisotopic (exact) mass is 281 g/mol. The van der Waals surface area contributed by atoms with E-state index >= 15 is 0 Å². The molecule has 1 aliphatic heterocycles. The number of carbonyl (C=O) groups excluding carboxylic acids is 1. The Bertz CT molecular complexity index is 405. The third-order valence-electron chi connectivity index (χ3n) is 3.05. The van der Waals surface area contributed by atoms with E-state index in [1.165, 1.54) is 11.1 Å². The van der Waals surface area contributed by atoms with Gasteiger partial charge in [0.25, 0.3) is 0 Å². The summed E-state index contributed by atoms with van der Waals surface area (Å²) in [6, 6.07) is 4.15. The van der Waals surface area contributed by atoms with Gasteiger partial charge < -0.3 is 4.90 Å². The first-order valence-corrected chi connectivity index (χ1v) is 6.46. The van der Waals surface area contributed by atoms with Crippen LogP contribution in [0.2, 0.25) is 0 Å². The number of carbonyl (C=O) groups is 1. The van der Waals surface area contributed by atoms with Crippen LogP contribution in [-0.4, -0.2) is 12.5 Å². The molecule has 1 saturated heterocycles. The highest BCUT2D eigenvalue weighted by molar-refractivity contribution is 9.10. The van der Waals surface area contributed by atoms with Crippen molar-refractivity contribution in [3.8, 4) is 0 Å². The molecule has 1 fully saturated rings. The molecule has 2 rings (SSSR count). The quantitative estimate of drug-likeness (QED) is 0.771. The zero-order valence-corrected chi connectivity index (χ0v) is 11.3. The molecule has 1 heterocycles. The molecule has 0 aliphatic carbocycles. The Hall–Kier alpha value is -0.830. The van der Waals surface area contributed by atoms with Gasteiger partial charge in [0, 0.05) is 23.1 Å². The molecule has 0 spiro atoms. The Morgan fingerprint density at radius 3 is 2.38 bits per heavy atom. The maximum Gasteiger partial charge on any atom is 0.226 e. The standard InChI is InChI=1S/C13H16BrNO/c1-9-7-11(14)8-10(2)13(9)15-6-4-3-5-12(15)16/h7-8H,3-6H2,1-2H3. The molecule has 0 unspecified atom stereocenters. The Morgan fingerprint density at radius 2 is 1.81 bits per heavy atom. The van der Waals surface area contributed by atoms with Crippen LogP contribution in [0.1, 0.15) is 30.4 Å². The molecule has 1 aliphatic rings. The van der Waals surface area contributed by atoms with E-state index in [4.69, 9.17) is 0 Å². The van der Waals surface area contributed by atoms with Crippen molar-refractivity contribution in [3.05, 3.63) is 27.7 Å². The molecule has 0 bridgehead atoms. The molecule has 2 nitrogen and oxygen atoms in total. The van der Waals surface area contributed by atoms with Gasteiger partial charge in [-0.2, -0.15) is 0 Å². The minimum Gasteiger partial charge on any atom is -0.312 e. The fourth-order valence-corrected chi connectivity index (χ4v) is 3.06. The number of rotatable bonds is 1. The summed E-state index contributed by atoms with van der Waals surface area (Å²) in [6.07, 6.45) is 2.83. The van der Waals surface area contributed by atoms with Gasteiger partial charge in [-0.1, -0.05) is 15.9 Å². The zero-order chi connectivity index (χ0) is 11.7. The number of amides is 1. The molecular formula is C13H16BrNO. The van der Waals surface area contributed by atoms with Crippen molar-refractivity contribution in [2.45, 2.75) is 33.1 Å². The SMILES string of the molecule is Cc1cc(Br)cc(C)c1N1CCCCC1=O. The number of benzene rings is 1. The molecule has 0 aromatic heterocycles. The predicted octanol–water partition coefficient (Wildman–Crippen LogP) is 3.58. The van der Waals surface area contributed by atoms with Crippen molar-refractivity contribution >= 4 is 27.5 Å². The second-order valence-electron chi connectivity index (χ2n) is 4.39. The highest BCUT2D eigenvalue weighted by Gasteiger charge is 2.22. The molecule has 1 aromatic carbocycles. The third kappa shape index (κ3) is 2.14. The Kier molecular flexibility index (Phi) is 3.33. The summed E-state index contributed by atoms with van der Waals surface area (Å²) < 4.78 is 1.08. The largest absolute Gasteiger partial charge is 0.312 e. The number of hydrogen-bond donors (Lipinski definition) is 0. The summed E-state index contributed by atoms with van der Waals surface area (Å²) >= 11 is 3.48. The maximum absolute atomic E-state index is 11.9. The molecule has 1 amide bonds. The van der Waals surface area contributed by atoms with Crippen LogP contribution < -0.4 is 4.90 Å². The summed E-state index contributed by atoms with van der Waals surface area (Å²) in [6.45, 7) is 4.99. The second-order valence-corrected chi connectivity index (χ2v) is 5.31. The molecule has 86 valence electrons. The van der Waals surface area contributed by atoms with Gasteiger partial charge in [0.2, 0.25) is 5.91 Å². The van der Waals surface area contributed by atoms with Crippen molar-refractivity contribution < 1.29 is 4.79 Å². The van der Waals surface area contributed by atoms with Crippen LogP contribution in [0.4, 0.5) is 5.69 Å². The zero-order valence-electron chi connectivity index (χ0n) is 9.72. The van der Waals surface area contributed by atoms with E-state index in [-0.39, 0.29) is 5.91 Å². The molecular weight excluding hydrogens is 266 g/mol. The van der Waals surface area contributed by atoms with E-state index in [2.05, 4.69) is 41.9 Å². The number of halogens is 1. The van der Waals surface area contributed by atoms with E-state index in [0.29, 0.717) is 6.42 Å². The minimum absolute atomic E-state index is 0.264. The highest BCUT2D eigenvalue weighted by Crippen LogP contribution is 2.30. The maximum atomic E-state index is 11.9. The molecule has 0 N–H and O–H groups in total. The lowest BCUT2D eigenvalue weighted by atomic mass is 10.0. The summed E-state index contributed by atoms with van der Waals surface area (Å²) in [5.41, 5.74) is 3.44. The van der Waals surface area contributed by atoms with Gasteiger partial charge in [0.1, 0.15) is 0 Å². The van der Waals surface area contributed by atoms with E-state index < -0.39 is 0 Å². The summed E-state index contributed by atoms with van der Waals surface area (Å²) in [4.78, 5) is 13.8. The van der Waals surface area contributed by atoms with Gasteiger partial charge in [-0.3, -0.25) is 4.79 Å². The van der Waals surface area contributed by atoms with Crippen LogP contribution in [0.25, 0.3) is 0 Å². The average Bonchev–Trinajstić information content (AvgIpc) is 2.19. The first kappa shape index (κ1) is 11.6. The van der Waals surface area contributed by atoms with Crippen LogP contribution in [0, 0.1) is 13.8 Å². The van der Waals surface area contributed by atoms with Crippen LogP contribution in [-0.2, 0) is 4.79 Å². The lowest BCUT2D eigenvalue weighted by Gasteiger charge is -2.29. The molecule has 1 aromatic rings. The normalized spacial score (nSPS) is 16.7. The second kappa shape index (κ2) is 4.58. The lowest BCUT2D eigenvalue weighted by molar-refractivity contribution is -0.119. The van der Waals surface area contributed by atoms with Crippen molar-refractivity contribution in [3.63, 3.8) is 0 Å². The first-order valence-electron chi connectivity index (χ1n) is 5.66. The lowest BCUT2D eigenvalue weighted by Crippen LogP contribution is -2.36. The number of anilines is 1. The van der Waals surface area contributed by atoms with E-state index in [0.717, 1.165) is 29.5 Å². The third-order valence-corrected chi connectivity index (χ3v) is 3.51. The number of piperidine rings is 1. The predicted molar refractivity (Wildman–Crippen MR) is 69.8 cm³/mol. The van der Waals surface area contributed by atoms with Crippen LogP contribution in [0.5, 0.6) is 0 Å². The average molecular weight is 282 g/mol. The van der Waals surface area contributed by atoms with Gasteiger partial charge in [-0.15, -0.1) is 0 Å². The summed E-state index contributed by atoms with van der Waals surface area (Å²) in [5, 5.41) is 0. The fourth-order valence-electron chi connectivity index (χ4n) is 2.37. The summed E-state index contributed by atoms with van der Waals surface area (Å²) in [7, 11) is 0. The van der Waals surface area contributed by atoms with E-state index in [9.17, 15) is 4.79 Å². The van der Waals surface area contributed by atoms with Crippen molar-refractivity contribution in [1.82, 2.24) is 0 Å².